The fraction of sp³-hybridized carbons (Fsp3) is 0.714. The summed E-state index contributed by atoms with van der Waals surface area (Å²) < 4.78 is 4.62. The molecule has 1 N–H and O–H groups in total. The van der Waals surface area contributed by atoms with Gasteiger partial charge in [0.15, 0.2) is 10.8 Å². The molecule has 0 fully saturated rings. The number of hydrogen-bond acceptors (Lipinski definition) is 5. The van der Waals surface area contributed by atoms with Gasteiger partial charge < -0.3 is 10.1 Å². The minimum Gasteiger partial charge on any atom is -0.464 e. The van der Waals surface area contributed by atoms with Gasteiger partial charge >= 0.3 is 5.97 Å². The van der Waals surface area contributed by atoms with Gasteiger partial charge in [0.05, 0.1) is 7.11 Å². The van der Waals surface area contributed by atoms with Gasteiger partial charge in [-0.05, 0) is 12.3 Å². The highest BCUT2D eigenvalue weighted by molar-refractivity contribution is 7.13. The Bertz CT molecular complexity index is 377. The molecule has 1 aromatic heterocycles. The highest BCUT2D eigenvalue weighted by Crippen LogP contribution is 2.16. The number of ether oxygens (including phenoxy) is 1. The van der Waals surface area contributed by atoms with Crippen LogP contribution in [0.5, 0.6) is 0 Å². The van der Waals surface area contributed by atoms with Gasteiger partial charge in [-0.25, -0.2) is 9.78 Å². The summed E-state index contributed by atoms with van der Waals surface area (Å²) in [5.41, 5.74) is 0.381. The summed E-state index contributed by atoms with van der Waals surface area (Å²) in [5, 5.41) is 5.76. The lowest BCUT2D eigenvalue weighted by molar-refractivity contribution is 0.0595. The van der Waals surface area contributed by atoms with Crippen LogP contribution in [0.2, 0.25) is 0 Å². The lowest BCUT2D eigenvalue weighted by Crippen LogP contribution is -2.04. The van der Waals surface area contributed by atoms with Gasteiger partial charge in [0.2, 0.25) is 0 Å². The van der Waals surface area contributed by atoms with Crippen molar-refractivity contribution in [1.29, 1.82) is 0 Å². The third-order valence-electron chi connectivity index (χ3n) is 2.88. The Kier molecular flexibility index (Phi) is 7.48. The van der Waals surface area contributed by atoms with Gasteiger partial charge in [-0.1, -0.05) is 39.5 Å². The molecule has 0 unspecified atom stereocenters. The number of rotatable bonds is 9. The number of aromatic nitrogens is 1. The Morgan fingerprint density at radius 3 is 2.79 bits per heavy atom. The molecule has 0 aliphatic heterocycles. The first-order valence-corrected chi connectivity index (χ1v) is 7.79. The molecule has 1 rings (SSSR count). The van der Waals surface area contributed by atoms with Gasteiger partial charge in [0.1, 0.15) is 0 Å². The lowest BCUT2D eigenvalue weighted by atomic mass is 10.0. The van der Waals surface area contributed by atoms with Crippen LogP contribution in [0.3, 0.4) is 0 Å². The molecule has 0 spiro atoms. The number of nitrogens with zero attached hydrogens (tertiary/aromatic N) is 1. The van der Waals surface area contributed by atoms with E-state index in [1.54, 1.807) is 5.38 Å². The van der Waals surface area contributed by atoms with E-state index < -0.39 is 0 Å². The summed E-state index contributed by atoms with van der Waals surface area (Å²) in [7, 11) is 1.37. The maximum absolute atomic E-state index is 11.2. The van der Waals surface area contributed by atoms with E-state index in [2.05, 4.69) is 28.9 Å². The van der Waals surface area contributed by atoms with E-state index >= 15 is 0 Å². The predicted octanol–water partition coefficient (Wildman–Crippen LogP) is 3.95. The number of hydrogen-bond donors (Lipinski definition) is 1. The minimum atomic E-state index is -0.377. The molecule has 0 radical (unpaired) electrons. The van der Waals surface area contributed by atoms with Crippen molar-refractivity contribution in [3.63, 3.8) is 0 Å². The van der Waals surface area contributed by atoms with Crippen molar-refractivity contribution in [3.8, 4) is 0 Å². The van der Waals surface area contributed by atoms with Gasteiger partial charge in [0.25, 0.3) is 0 Å². The summed E-state index contributed by atoms with van der Waals surface area (Å²) in [6, 6.07) is 0. The van der Waals surface area contributed by atoms with Crippen LogP contribution in [0.25, 0.3) is 0 Å². The lowest BCUT2D eigenvalue weighted by Gasteiger charge is -2.05. The standard InChI is InChI=1S/C14H24N2O2S/c1-11(2)8-6-4-5-7-9-15-14-16-12(10-19-14)13(17)18-3/h10-11H,4-9H2,1-3H3,(H,15,16). The number of nitrogens with one attached hydrogen (secondary N) is 1. The van der Waals surface area contributed by atoms with Crippen molar-refractivity contribution in [2.45, 2.75) is 46.0 Å². The van der Waals surface area contributed by atoms with E-state index in [4.69, 9.17) is 0 Å². The zero-order chi connectivity index (χ0) is 14.1. The first-order valence-electron chi connectivity index (χ1n) is 6.91. The van der Waals surface area contributed by atoms with Crippen molar-refractivity contribution >= 4 is 22.4 Å². The predicted molar refractivity (Wildman–Crippen MR) is 79.9 cm³/mol. The average molecular weight is 284 g/mol. The second kappa shape index (κ2) is 8.91. The van der Waals surface area contributed by atoms with Crippen LogP contribution in [0.15, 0.2) is 5.38 Å². The third kappa shape index (κ3) is 6.57. The molecule has 4 nitrogen and oxygen atoms in total. The molecule has 1 heterocycles. The largest absolute Gasteiger partial charge is 0.464 e. The molecular formula is C14H24N2O2S. The topological polar surface area (TPSA) is 51.2 Å². The number of anilines is 1. The average Bonchev–Trinajstić information content (AvgIpc) is 2.85. The SMILES string of the molecule is COC(=O)c1csc(NCCCCCCC(C)C)n1. The van der Waals surface area contributed by atoms with Crippen LogP contribution in [0, 0.1) is 5.92 Å². The molecule has 0 atom stereocenters. The Balaban J connectivity index is 2.09. The highest BCUT2D eigenvalue weighted by atomic mass is 32.1. The monoisotopic (exact) mass is 284 g/mol. The summed E-state index contributed by atoms with van der Waals surface area (Å²) >= 11 is 1.44. The van der Waals surface area contributed by atoms with Crippen molar-refractivity contribution in [3.05, 3.63) is 11.1 Å². The molecule has 0 saturated heterocycles. The first kappa shape index (κ1) is 16.0. The van der Waals surface area contributed by atoms with E-state index in [1.807, 2.05) is 0 Å². The molecule has 5 heteroatoms. The molecule has 0 aliphatic carbocycles. The molecule has 1 aromatic rings. The second-order valence-electron chi connectivity index (χ2n) is 5.05. The van der Waals surface area contributed by atoms with Crippen LogP contribution in [0.4, 0.5) is 5.13 Å². The van der Waals surface area contributed by atoms with Gasteiger partial charge in [-0.3, -0.25) is 0 Å². The van der Waals surface area contributed by atoms with Gasteiger partial charge in [0, 0.05) is 11.9 Å². The fourth-order valence-corrected chi connectivity index (χ4v) is 2.49. The third-order valence-corrected chi connectivity index (χ3v) is 3.68. The molecule has 108 valence electrons. The molecule has 0 saturated carbocycles. The molecule has 0 aromatic carbocycles. The number of carbonyl (C=O) groups excluding carboxylic acids is 1. The highest BCUT2D eigenvalue weighted by Gasteiger charge is 2.09. The van der Waals surface area contributed by atoms with Crippen molar-refractivity contribution in [1.82, 2.24) is 4.98 Å². The number of thiazole rings is 1. The zero-order valence-corrected chi connectivity index (χ0v) is 12.9. The van der Waals surface area contributed by atoms with Crippen LogP contribution in [-0.2, 0) is 4.74 Å². The maximum Gasteiger partial charge on any atom is 0.357 e. The molecule has 0 bridgehead atoms. The Morgan fingerprint density at radius 1 is 1.37 bits per heavy atom. The van der Waals surface area contributed by atoms with Gasteiger partial charge in [-0.15, -0.1) is 11.3 Å². The quantitative estimate of drug-likeness (QED) is 0.551. The Morgan fingerprint density at radius 2 is 2.11 bits per heavy atom. The minimum absolute atomic E-state index is 0.377. The van der Waals surface area contributed by atoms with Crippen LogP contribution < -0.4 is 5.32 Å². The van der Waals surface area contributed by atoms with E-state index in [0.29, 0.717) is 5.69 Å². The number of methoxy groups -OCH3 is 1. The normalized spacial score (nSPS) is 10.7. The van der Waals surface area contributed by atoms with E-state index in [-0.39, 0.29) is 5.97 Å². The zero-order valence-electron chi connectivity index (χ0n) is 12.1. The van der Waals surface area contributed by atoms with E-state index in [1.165, 1.54) is 44.1 Å². The Labute approximate surface area is 119 Å². The smallest absolute Gasteiger partial charge is 0.357 e. The molecule has 0 amide bonds. The van der Waals surface area contributed by atoms with Crippen molar-refractivity contribution < 1.29 is 9.53 Å². The van der Waals surface area contributed by atoms with Crippen molar-refractivity contribution in [2.75, 3.05) is 19.0 Å². The van der Waals surface area contributed by atoms with Crippen LogP contribution in [-0.4, -0.2) is 24.6 Å². The first-order chi connectivity index (χ1) is 9.13. The van der Waals surface area contributed by atoms with Crippen molar-refractivity contribution in [2.24, 2.45) is 5.92 Å². The summed E-state index contributed by atoms with van der Waals surface area (Å²) in [5.74, 6) is 0.433. The summed E-state index contributed by atoms with van der Waals surface area (Å²) in [6.07, 6.45) is 6.33. The second-order valence-corrected chi connectivity index (χ2v) is 5.91. The van der Waals surface area contributed by atoms with E-state index in [0.717, 1.165) is 24.0 Å². The maximum atomic E-state index is 11.2. The summed E-state index contributed by atoms with van der Waals surface area (Å²) in [6.45, 7) is 5.45. The number of esters is 1. The van der Waals surface area contributed by atoms with Crippen LogP contribution >= 0.6 is 11.3 Å². The Hall–Kier alpha value is -1.10. The molecular weight excluding hydrogens is 260 g/mol. The number of unbranched alkanes of at least 4 members (excludes halogenated alkanes) is 3. The molecule has 0 aliphatic rings. The fourth-order valence-electron chi connectivity index (χ4n) is 1.78. The number of carbonyl (C=O) groups is 1. The molecule has 19 heavy (non-hydrogen) atoms. The van der Waals surface area contributed by atoms with Gasteiger partial charge in [-0.2, -0.15) is 0 Å². The van der Waals surface area contributed by atoms with E-state index in [9.17, 15) is 4.79 Å². The van der Waals surface area contributed by atoms with Crippen LogP contribution in [0.1, 0.15) is 56.4 Å². The summed E-state index contributed by atoms with van der Waals surface area (Å²) in [4.78, 5) is 15.4.